The average molecular weight is 330 g/mol. The van der Waals surface area contributed by atoms with E-state index in [1.165, 1.54) is 14.1 Å². The zero-order valence-electron chi connectivity index (χ0n) is 13.4. The van der Waals surface area contributed by atoms with Crippen LogP contribution in [0.4, 0.5) is 11.5 Å². The second-order valence-corrected chi connectivity index (χ2v) is 5.71. The molecule has 1 aliphatic rings. The number of anilines is 2. The summed E-state index contributed by atoms with van der Waals surface area (Å²) >= 11 is 0. The smallest absolute Gasteiger partial charge is 0.332 e. The van der Waals surface area contributed by atoms with Crippen LogP contribution < -0.4 is 27.0 Å². The Kier molecular flexibility index (Phi) is 3.88. The fourth-order valence-electron chi connectivity index (χ4n) is 2.69. The highest BCUT2D eigenvalue weighted by Gasteiger charge is 2.27. The number of amides is 1. The molecule has 0 aliphatic carbocycles. The van der Waals surface area contributed by atoms with Crippen molar-refractivity contribution in [1.82, 2.24) is 9.13 Å². The molecule has 0 fully saturated rings. The number of carbonyl (C=O) groups excluding carboxylic acids is 1. The number of rotatable bonds is 2. The summed E-state index contributed by atoms with van der Waals surface area (Å²) in [5.41, 5.74) is 5.51. The van der Waals surface area contributed by atoms with Crippen molar-refractivity contribution in [2.45, 2.75) is 18.9 Å². The second kappa shape index (κ2) is 5.88. The lowest BCUT2D eigenvalue weighted by Crippen LogP contribution is -2.42. The number of ether oxygens (including phenoxy) is 1. The van der Waals surface area contributed by atoms with Gasteiger partial charge in [0.15, 0.2) is 6.10 Å². The first-order valence-corrected chi connectivity index (χ1v) is 7.51. The second-order valence-electron chi connectivity index (χ2n) is 5.71. The Morgan fingerprint density at radius 3 is 2.71 bits per heavy atom. The topological polar surface area (TPSA) is 108 Å². The molecule has 0 radical (unpaired) electrons. The SMILES string of the molecule is Cn1c(N)c(NC(=O)C2CCc3ccccc3O2)c(=O)n(C)c1=O. The number of benzene rings is 1. The highest BCUT2D eigenvalue weighted by Crippen LogP contribution is 2.27. The third-order valence-electron chi connectivity index (χ3n) is 4.17. The van der Waals surface area contributed by atoms with Crippen LogP contribution in [-0.4, -0.2) is 21.1 Å². The Bertz CT molecular complexity index is 929. The van der Waals surface area contributed by atoms with Crippen LogP contribution in [0.1, 0.15) is 12.0 Å². The number of nitrogens with zero attached hydrogens (tertiary/aromatic N) is 2. The van der Waals surface area contributed by atoms with Gasteiger partial charge in [-0.05, 0) is 24.5 Å². The molecule has 0 bridgehead atoms. The van der Waals surface area contributed by atoms with E-state index in [0.717, 1.165) is 14.7 Å². The van der Waals surface area contributed by atoms with Gasteiger partial charge in [-0.3, -0.25) is 18.7 Å². The number of fused-ring (bicyclic) bond motifs is 1. The molecule has 2 aromatic rings. The van der Waals surface area contributed by atoms with Gasteiger partial charge in [0.2, 0.25) is 0 Å². The first-order chi connectivity index (χ1) is 11.4. The van der Waals surface area contributed by atoms with Crippen molar-refractivity contribution < 1.29 is 9.53 Å². The number of hydrogen-bond donors (Lipinski definition) is 2. The van der Waals surface area contributed by atoms with Gasteiger partial charge in [0.1, 0.15) is 17.3 Å². The molecule has 126 valence electrons. The van der Waals surface area contributed by atoms with Crippen LogP contribution in [0, 0.1) is 0 Å². The Labute approximate surface area is 137 Å². The number of carbonyl (C=O) groups is 1. The van der Waals surface area contributed by atoms with Crippen LogP contribution >= 0.6 is 0 Å². The summed E-state index contributed by atoms with van der Waals surface area (Å²) in [6.07, 6.45) is 0.477. The molecule has 1 aromatic heterocycles. The molecule has 2 heterocycles. The minimum atomic E-state index is -0.721. The molecule has 0 saturated heterocycles. The van der Waals surface area contributed by atoms with Crippen molar-refractivity contribution in [3.63, 3.8) is 0 Å². The van der Waals surface area contributed by atoms with Gasteiger partial charge in [-0.1, -0.05) is 18.2 Å². The van der Waals surface area contributed by atoms with E-state index in [-0.39, 0.29) is 11.5 Å². The van der Waals surface area contributed by atoms with Gasteiger partial charge in [-0.2, -0.15) is 0 Å². The van der Waals surface area contributed by atoms with E-state index in [0.29, 0.717) is 18.6 Å². The van der Waals surface area contributed by atoms with E-state index in [1.54, 1.807) is 6.07 Å². The maximum Gasteiger partial charge on any atom is 0.332 e. The highest BCUT2D eigenvalue weighted by atomic mass is 16.5. The van der Waals surface area contributed by atoms with Crippen molar-refractivity contribution >= 4 is 17.4 Å². The van der Waals surface area contributed by atoms with Crippen LogP contribution in [0.3, 0.4) is 0 Å². The number of aryl methyl sites for hydroxylation is 1. The highest BCUT2D eigenvalue weighted by molar-refractivity contribution is 5.96. The van der Waals surface area contributed by atoms with Gasteiger partial charge in [0, 0.05) is 14.1 Å². The molecule has 8 heteroatoms. The predicted octanol–water partition coefficient (Wildman–Crippen LogP) is -0.00150. The number of nitrogens with two attached hydrogens (primary N) is 1. The average Bonchev–Trinajstić information content (AvgIpc) is 2.61. The van der Waals surface area contributed by atoms with Crippen molar-refractivity contribution in [3.8, 4) is 5.75 Å². The van der Waals surface area contributed by atoms with Gasteiger partial charge in [-0.15, -0.1) is 0 Å². The standard InChI is InChI=1S/C16H18N4O4/c1-19-13(17)12(15(22)20(2)16(19)23)18-14(21)11-8-7-9-5-3-4-6-10(9)24-11/h3-6,11H,7-8,17H2,1-2H3,(H,18,21). The van der Waals surface area contributed by atoms with Crippen LogP contribution in [0.15, 0.2) is 33.9 Å². The van der Waals surface area contributed by atoms with Crippen molar-refractivity contribution in [3.05, 3.63) is 50.7 Å². The van der Waals surface area contributed by atoms with E-state index >= 15 is 0 Å². The van der Waals surface area contributed by atoms with E-state index in [4.69, 9.17) is 10.5 Å². The molecule has 1 unspecified atom stereocenters. The summed E-state index contributed by atoms with van der Waals surface area (Å²) in [6.45, 7) is 0. The molecule has 1 atom stereocenters. The van der Waals surface area contributed by atoms with Crippen molar-refractivity contribution in [2.24, 2.45) is 14.1 Å². The Hall–Kier alpha value is -3.03. The molecule has 0 spiro atoms. The van der Waals surface area contributed by atoms with E-state index in [2.05, 4.69) is 5.32 Å². The van der Waals surface area contributed by atoms with Gasteiger partial charge in [0.25, 0.3) is 11.5 Å². The summed E-state index contributed by atoms with van der Waals surface area (Å²) in [7, 11) is 2.76. The summed E-state index contributed by atoms with van der Waals surface area (Å²) in [4.78, 5) is 36.5. The molecule has 1 amide bonds. The number of para-hydroxylation sites is 1. The lowest BCUT2D eigenvalue weighted by molar-refractivity contribution is -0.123. The molecular formula is C16H18N4O4. The van der Waals surface area contributed by atoms with E-state index < -0.39 is 23.3 Å². The number of nitrogens with one attached hydrogen (secondary N) is 1. The largest absolute Gasteiger partial charge is 0.480 e. The zero-order valence-corrected chi connectivity index (χ0v) is 13.4. The maximum absolute atomic E-state index is 12.5. The molecule has 1 aromatic carbocycles. The minimum absolute atomic E-state index is 0.0901. The summed E-state index contributed by atoms with van der Waals surface area (Å²) < 4.78 is 7.70. The summed E-state index contributed by atoms with van der Waals surface area (Å²) in [5, 5.41) is 2.51. The van der Waals surface area contributed by atoms with Gasteiger partial charge in [-0.25, -0.2) is 4.79 Å². The third kappa shape index (κ3) is 2.55. The van der Waals surface area contributed by atoms with Crippen LogP contribution in [0.25, 0.3) is 0 Å². The lowest BCUT2D eigenvalue weighted by atomic mass is 10.0. The molecule has 24 heavy (non-hydrogen) atoms. The Balaban J connectivity index is 1.87. The predicted molar refractivity (Wildman–Crippen MR) is 89.1 cm³/mol. The molecule has 0 saturated carbocycles. The van der Waals surface area contributed by atoms with Crippen molar-refractivity contribution in [2.75, 3.05) is 11.1 Å². The van der Waals surface area contributed by atoms with Crippen LogP contribution in [-0.2, 0) is 25.3 Å². The van der Waals surface area contributed by atoms with E-state index in [9.17, 15) is 14.4 Å². The van der Waals surface area contributed by atoms with E-state index in [1.807, 2.05) is 18.2 Å². The first kappa shape index (κ1) is 15.9. The number of aromatic nitrogens is 2. The molecular weight excluding hydrogens is 312 g/mol. The monoisotopic (exact) mass is 330 g/mol. The van der Waals surface area contributed by atoms with Gasteiger partial charge >= 0.3 is 5.69 Å². The molecule has 3 N–H and O–H groups in total. The minimum Gasteiger partial charge on any atom is -0.480 e. The van der Waals surface area contributed by atoms with Gasteiger partial charge in [0.05, 0.1) is 0 Å². The zero-order chi connectivity index (χ0) is 17.4. The first-order valence-electron chi connectivity index (χ1n) is 7.51. The van der Waals surface area contributed by atoms with Crippen LogP contribution in [0.2, 0.25) is 0 Å². The fourth-order valence-corrected chi connectivity index (χ4v) is 2.69. The number of hydrogen-bond acceptors (Lipinski definition) is 5. The fraction of sp³-hybridized carbons (Fsp3) is 0.312. The lowest BCUT2D eigenvalue weighted by Gasteiger charge is -2.25. The quantitative estimate of drug-likeness (QED) is 0.806. The Morgan fingerprint density at radius 2 is 1.96 bits per heavy atom. The molecule has 8 nitrogen and oxygen atoms in total. The maximum atomic E-state index is 12.5. The molecule has 1 aliphatic heterocycles. The molecule has 3 rings (SSSR count). The summed E-state index contributed by atoms with van der Waals surface area (Å²) in [6, 6.07) is 7.50. The Morgan fingerprint density at radius 1 is 1.25 bits per heavy atom. The third-order valence-corrected chi connectivity index (χ3v) is 4.17. The van der Waals surface area contributed by atoms with Gasteiger partial charge < -0.3 is 15.8 Å². The normalized spacial score (nSPS) is 16.2. The number of nitrogen functional groups attached to an aromatic ring is 1. The van der Waals surface area contributed by atoms with Crippen LogP contribution in [0.5, 0.6) is 5.75 Å². The summed E-state index contributed by atoms with van der Waals surface area (Å²) in [5.74, 6) is 0.102. The van der Waals surface area contributed by atoms with Crippen molar-refractivity contribution in [1.29, 1.82) is 0 Å².